The Hall–Kier alpha value is -3.26. The predicted molar refractivity (Wildman–Crippen MR) is 136 cm³/mol. The Morgan fingerprint density at radius 3 is 2.66 bits per heavy atom. The average molecular weight is 476 g/mol. The van der Waals surface area contributed by atoms with Gasteiger partial charge >= 0.3 is 0 Å². The van der Waals surface area contributed by atoms with Gasteiger partial charge in [-0.25, -0.2) is 4.68 Å². The maximum atomic E-state index is 12.8. The van der Waals surface area contributed by atoms with Crippen LogP contribution in [0.1, 0.15) is 37.6 Å². The van der Waals surface area contributed by atoms with Gasteiger partial charge < -0.3 is 14.8 Å². The van der Waals surface area contributed by atoms with E-state index < -0.39 is 0 Å². The number of hydrogen-bond donors (Lipinski definition) is 1. The van der Waals surface area contributed by atoms with Crippen LogP contribution in [-0.4, -0.2) is 51.3 Å². The lowest BCUT2D eigenvalue weighted by Gasteiger charge is -2.42. The van der Waals surface area contributed by atoms with Gasteiger partial charge in [0.05, 0.1) is 17.5 Å². The molecule has 2 aliphatic heterocycles. The lowest BCUT2D eigenvalue weighted by atomic mass is 9.83. The zero-order valence-corrected chi connectivity index (χ0v) is 20.4. The van der Waals surface area contributed by atoms with Crippen molar-refractivity contribution in [3.05, 3.63) is 74.6 Å². The first-order chi connectivity index (χ1) is 16.9. The number of piperidine rings is 1. The number of likely N-dealkylation sites (tertiary alicyclic amines) is 1. The van der Waals surface area contributed by atoms with E-state index in [1.54, 1.807) is 12.1 Å². The van der Waals surface area contributed by atoms with E-state index in [2.05, 4.69) is 21.4 Å². The molecule has 3 aromatic rings. The molecule has 0 radical (unpaired) electrons. The van der Waals surface area contributed by atoms with Crippen LogP contribution in [0.3, 0.4) is 0 Å². The number of benzene rings is 1. The third-order valence-electron chi connectivity index (χ3n) is 7.12. The molecule has 0 aliphatic carbocycles. The fourth-order valence-corrected chi connectivity index (χ4v) is 5.65. The van der Waals surface area contributed by atoms with E-state index in [4.69, 9.17) is 0 Å². The van der Waals surface area contributed by atoms with Gasteiger partial charge in [-0.2, -0.15) is 5.10 Å². The zero-order valence-electron chi connectivity index (χ0n) is 20.4. The molecule has 0 spiro atoms. The molecule has 184 valence electrons. The van der Waals surface area contributed by atoms with E-state index in [1.165, 1.54) is 4.68 Å². The Balaban J connectivity index is 1.22. The van der Waals surface area contributed by atoms with Crippen LogP contribution in [0.2, 0.25) is 0 Å². The van der Waals surface area contributed by atoms with Gasteiger partial charge in [0, 0.05) is 62.3 Å². The minimum atomic E-state index is -0.113. The van der Waals surface area contributed by atoms with Crippen LogP contribution in [0.4, 0.5) is 0 Å². The molecule has 0 saturated carbocycles. The maximum Gasteiger partial charge on any atom is 0.274 e. The van der Waals surface area contributed by atoms with Crippen molar-refractivity contribution in [2.24, 2.45) is 11.8 Å². The second kappa shape index (κ2) is 9.77. The van der Waals surface area contributed by atoms with Gasteiger partial charge in [0.25, 0.3) is 11.1 Å². The van der Waals surface area contributed by atoms with Crippen molar-refractivity contribution in [3.63, 3.8) is 0 Å². The number of aromatic nitrogens is 3. The predicted octanol–water partition coefficient (Wildman–Crippen LogP) is 1.99. The summed E-state index contributed by atoms with van der Waals surface area (Å²) in [7, 11) is 0. The Morgan fingerprint density at radius 2 is 1.86 bits per heavy atom. The van der Waals surface area contributed by atoms with E-state index in [0.717, 1.165) is 43.7 Å². The van der Waals surface area contributed by atoms with E-state index >= 15 is 0 Å². The molecule has 8 nitrogen and oxygen atoms in total. The van der Waals surface area contributed by atoms with Crippen LogP contribution >= 0.6 is 0 Å². The highest BCUT2D eigenvalue weighted by Crippen LogP contribution is 2.34. The van der Waals surface area contributed by atoms with Crippen molar-refractivity contribution < 1.29 is 4.79 Å². The van der Waals surface area contributed by atoms with Crippen molar-refractivity contribution in [3.8, 4) is 0 Å². The van der Waals surface area contributed by atoms with Crippen LogP contribution in [0, 0.1) is 11.8 Å². The first kappa shape index (κ1) is 23.5. The van der Waals surface area contributed by atoms with Crippen LogP contribution in [-0.2, 0) is 24.3 Å². The number of nitrogens with zero attached hydrogens (tertiary/aromatic N) is 4. The highest BCUT2D eigenvalue weighted by Gasteiger charge is 2.34. The van der Waals surface area contributed by atoms with Gasteiger partial charge in [0.1, 0.15) is 0 Å². The molecule has 5 rings (SSSR count). The van der Waals surface area contributed by atoms with Gasteiger partial charge in [0.2, 0.25) is 5.91 Å². The first-order valence-electron chi connectivity index (χ1n) is 12.6. The van der Waals surface area contributed by atoms with Crippen molar-refractivity contribution >= 4 is 16.7 Å². The van der Waals surface area contributed by atoms with Crippen molar-refractivity contribution in [2.75, 3.05) is 26.2 Å². The lowest BCUT2D eigenvalue weighted by molar-refractivity contribution is -0.120. The summed E-state index contributed by atoms with van der Waals surface area (Å²) in [5.41, 5.74) is 1.75. The number of carbonyl (C=O) groups excluding carboxylic acids is 1. The second-order valence-electron chi connectivity index (χ2n) is 10.4. The van der Waals surface area contributed by atoms with Gasteiger partial charge in [-0.3, -0.25) is 14.4 Å². The molecule has 2 aromatic heterocycles. The highest BCUT2D eigenvalue weighted by molar-refractivity contribution is 5.88. The average Bonchev–Trinajstić information content (AvgIpc) is 2.82. The standard InChI is InChI=1S/C27H33N5O3/c1-18(2)14-32-27(35)22-7-4-3-6-21(22)23(29-32)13-25(33)28-10-11-30-15-19-12-20(17-30)24-8-5-9-26(34)31(24)16-19/h3-9,18-20H,10-17H2,1-2H3,(H,28,33). The molecule has 1 saturated heterocycles. The first-order valence-corrected chi connectivity index (χ1v) is 12.6. The molecule has 2 atom stereocenters. The van der Waals surface area contributed by atoms with Gasteiger partial charge in [0.15, 0.2) is 0 Å². The van der Waals surface area contributed by atoms with E-state index in [-0.39, 0.29) is 29.4 Å². The zero-order chi connectivity index (χ0) is 24.5. The smallest absolute Gasteiger partial charge is 0.274 e. The van der Waals surface area contributed by atoms with Crippen LogP contribution in [0.15, 0.2) is 52.1 Å². The van der Waals surface area contributed by atoms with Crippen LogP contribution < -0.4 is 16.4 Å². The third kappa shape index (κ3) is 4.93. The molecule has 1 amide bonds. The SMILES string of the molecule is CC(C)Cn1nc(CC(=O)NCCN2CC3CC(C2)c2cccc(=O)n2C3)c2ccccc2c1=O. The third-order valence-corrected chi connectivity index (χ3v) is 7.12. The number of fused-ring (bicyclic) bond motifs is 5. The summed E-state index contributed by atoms with van der Waals surface area (Å²) in [6, 6.07) is 13.0. The molecule has 2 unspecified atom stereocenters. The number of carbonyl (C=O) groups is 1. The monoisotopic (exact) mass is 475 g/mol. The van der Waals surface area contributed by atoms with Crippen molar-refractivity contribution in [1.82, 2.24) is 24.6 Å². The minimum absolute atomic E-state index is 0.0912. The van der Waals surface area contributed by atoms with Crippen molar-refractivity contribution in [1.29, 1.82) is 0 Å². The maximum absolute atomic E-state index is 12.8. The van der Waals surface area contributed by atoms with Gasteiger partial charge in [-0.15, -0.1) is 0 Å². The number of hydrogen-bond acceptors (Lipinski definition) is 5. The van der Waals surface area contributed by atoms with Crippen molar-refractivity contribution in [2.45, 2.75) is 45.7 Å². The molecule has 1 N–H and O–H groups in total. The molecule has 2 bridgehead atoms. The van der Waals surface area contributed by atoms with E-state index in [9.17, 15) is 14.4 Å². The Bertz CT molecular complexity index is 1360. The molecule has 1 fully saturated rings. The van der Waals surface area contributed by atoms with Crippen LogP contribution in [0.25, 0.3) is 10.8 Å². The summed E-state index contributed by atoms with van der Waals surface area (Å²) >= 11 is 0. The molecular weight excluding hydrogens is 442 g/mol. The minimum Gasteiger partial charge on any atom is -0.354 e. The lowest BCUT2D eigenvalue weighted by Crippen LogP contribution is -2.48. The quantitative estimate of drug-likeness (QED) is 0.565. The molecular formula is C27H33N5O3. The van der Waals surface area contributed by atoms with Gasteiger partial charge in [-0.05, 0) is 30.4 Å². The largest absolute Gasteiger partial charge is 0.354 e. The number of nitrogens with one attached hydrogen (secondary N) is 1. The topological polar surface area (TPSA) is 89.2 Å². The summed E-state index contributed by atoms with van der Waals surface area (Å²) in [6.07, 6.45) is 1.26. The van der Waals surface area contributed by atoms with Crippen LogP contribution in [0.5, 0.6) is 0 Å². The summed E-state index contributed by atoms with van der Waals surface area (Å²) in [5, 5.41) is 8.94. The molecule has 2 aliphatic rings. The molecule has 35 heavy (non-hydrogen) atoms. The molecule has 1 aromatic carbocycles. The Kier molecular flexibility index (Phi) is 6.56. The highest BCUT2D eigenvalue weighted by atomic mass is 16.2. The summed E-state index contributed by atoms with van der Waals surface area (Å²) in [6.45, 7) is 8.56. The number of rotatable bonds is 7. The molecule has 8 heteroatoms. The Labute approximate surface area is 204 Å². The van der Waals surface area contributed by atoms with Gasteiger partial charge in [-0.1, -0.05) is 38.1 Å². The summed E-state index contributed by atoms with van der Waals surface area (Å²) in [5.74, 6) is 1.02. The molecule has 4 heterocycles. The second-order valence-corrected chi connectivity index (χ2v) is 10.4. The fraction of sp³-hybridized carbons (Fsp3) is 0.481. The van der Waals surface area contributed by atoms with E-state index in [0.29, 0.717) is 36.0 Å². The normalized spacial score (nSPS) is 19.6. The summed E-state index contributed by atoms with van der Waals surface area (Å²) < 4.78 is 3.43. The number of amides is 1. The van der Waals surface area contributed by atoms with E-state index in [1.807, 2.05) is 42.7 Å². The number of pyridine rings is 1. The summed E-state index contributed by atoms with van der Waals surface area (Å²) in [4.78, 5) is 40.2. The Morgan fingerprint density at radius 1 is 1.06 bits per heavy atom. The fourth-order valence-electron chi connectivity index (χ4n) is 5.65.